The summed E-state index contributed by atoms with van der Waals surface area (Å²) in [4.78, 5) is 29.4. The normalized spacial score (nSPS) is 15.6. The molecule has 0 radical (unpaired) electrons. The molecule has 0 aromatic carbocycles. The zero-order chi connectivity index (χ0) is 14.0. The summed E-state index contributed by atoms with van der Waals surface area (Å²) in [5, 5.41) is 9.32. The predicted octanol–water partition coefficient (Wildman–Crippen LogP) is 1.50. The van der Waals surface area contributed by atoms with Crippen LogP contribution in [0.25, 0.3) is 0 Å². The highest BCUT2D eigenvalue weighted by Gasteiger charge is 2.30. The maximum absolute atomic E-state index is 12.5. The van der Waals surface area contributed by atoms with Crippen LogP contribution in [0.2, 0.25) is 0 Å². The van der Waals surface area contributed by atoms with Crippen LogP contribution in [0.1, 0.15) is 41.0 Å². The quantitative estimate of drug-likeness (QED) is 0.873. The number of aliphatic carboxylic acids is 1. The Morgan fingerprint density at radius 2 is 2.11 bits per heavy atom. The number of thiazole rings is 1. The van der Waals surface area contributed by atoms with E-state index in [2.05, 4.69) is 4.98 Å². The maximum atomic E-state index is 12.5. The van der Waals surface area contributed by atoms with Gasteiger partial charge in [-0.25, -0.2) is 4.98 Å². The third kappa shape index (κ3) is 3.04. The lowest BCUT2D eigenvalue weighted by Gasteiger charge is -2.26. The number of amides is 1. The highest BCUT2D eigenvalue weighted by atomic mass is 32.1. The maximum Gasteiger partial charge on any atom is 0.323 e. The summed E-state index contributed by atoms with van der Waals surface area (Å²) in [5.41, 5.74) is 6.16. The van der Waals surface area contributed by atoms with E-state index in [-0.39, 0.29) is 18.5 Å². The van der Waals surface area contributed by atoms with E-state index in [1.165, 1.54) is 4.90 Å². The van der Waals surface area contributed by atoms with Crippen molar-refractivity contribution in [3.63, 3.8) is 0 Å². The molecule has 1 aliphatic carbocycles. The minimum atomic E-state index is -0.990. The molecule has 2 rings (SSSR count). The van der Waals surface area contributed by atoms with Crippen LogP contribution in [0.3, 0.4) is 0 Å². The molecule has 7 heteroatoms. The summed E-state index contributed by atoms with van der Waals surface area (Å²) in [5.74, 6) is -1.25. The first kappa shape index (κ1) is 13.8. The SMILES string of the molecule is Cc1nc(N)sc1C(=O)N(CC(=O)O)C1CCCC1. The van der Waals surface area contributed by atoms with Gasteiger partial charge >= 0.3 is 5.97 Å². The second-order valence-corrected chi connectivity index (χ2v) is 5.76. The minimum Gasteiger partial charge on any atom is -0.480 e. The Kier molecular flexibility index (Phi) is 4.04. The molecular formula is C12H17N3O3S. The first-order chi connectivity index (χ1) is 8.99. The van der Waals surface area contributed by atoms with Crippen molar-refractivity contribution in [3.8, 4) is 0 Å². The zero-order valence-corrected chi connectivity index (χ0v) is 11.6. The van der Waals surface area contributed by atoms with Crippen LogP contribution in [-0.4, -0.2) is 39.5 Å². The predicted molar refractivity (Wildman–Crippen MR) is 72.2 cm³/mol. The lowest BCUT2D eigenvalue weighted by atomic mass is 10.2. The average molecular weight is 283 g/mol. The number of carbonyl (C=O) groups excluding carboxylic acids is 1. The second kappa shape index (κ2) is 5.56. The van der Waals surface area contributed by atoms with Crippen molar-refractivity contribution in [1.29, 1.82) is 0 Å². The first-order valence-corrected chi connectivity index (χ1v) is 7.06. The molecule has 3 N–H and O–H groups in total. The molecule has 0 saturated heterocycles. The van der Waals surface area contributed by atoms with Crippen molar-refractivity contribution in [2.75, 3.05) is 12.3 Å². The van der Waals surface area contributed by atoms with Gasteiger partial charge in [0.05, 0.1) is 5.69 Å². The van der Waals surface area contributed by atoms with E-state index in [1.54, 1.807) is 6.92 Å². The van der Waals surface area contributed by atoms with E-state index in [0.29, 0.717) is 15.7 Å². The Morgan fingerprint density at radius 1 is 1.47 bits per heavy atom. The molecule has 1 aromatic rings. The van der Waals surface area contributed by atoms with Crippen LogP contribution >= 0.6 is 11.3 Å². The molecule has 104 valence electrons. The van der Waals surface area contributed by atoms with E-state index >= 15 is 0 Å². The number of aryl methyl sites for hydroxylation is 1. The highest BCUT2D eigenvalue weighted by Crippen LogP contribution is 2.28. The number of carboxylic acids is 1. The van der Waals surface area contributed by atoms with Crippen LogP contribution < -0.4 is 5.73 Å². The van der Waals surface area contributed by atoms with Crippen molar-refractivity contribution in [1.82, 2.24) is 9.88 Å². The highest BCUT2D eigenvalue weighted by molar-refractivity contribution is 7.17. The van der Waals surface area contributed by atoms with Crippen molar-refractivity contribution in [2.24, 2.45) is 0 Å². The van der Waals surface area contributed by atoms with Gasteiger partial charge in [-0.15, -0.1) is 0 Å². The van der Waals surface area contributed by atoms with Crippen molar-refractivity contribution in [3.05, 3.63) is 10.6 Å². The van der Waals surface area contributed by atoms with Gasteiger partial charge in [0.2, 0.25) is 0 Å². The number of nitrogen functional groups attached to an aromatic ring is 1. The van der Waals surface area contributed by atoms with Gasteiger partial charge in [-0.05, 0) is 19.8 Å². The molecule has 0 atom stereocenters. The number of nitrogens with two attached hydrogens (primary N) is 1. The van der Waals surface area contributed by atoms with E-state index in [4.69, 9.17) is 10.8 Å². The summed E-state index contributed by atoms with van der Waals surface area (Å²) in [7, 11) is 0. The Bertz CT molecular complexity index is 494. The Morgan fingerprint density at radius 3 is 2.58 bits per heavy atom. The molecule has 0 unspecified atom stereocenters. The van der Waals surface area contributed by atoms with Gasteiger partial charge in [0, 0.05) is 6.04 Å². The molecule has 19 heavy (non-hydrogen) atoms. The number of rotatable bonds is 4. The van der Waals surface area contributed by atoms with Crippen LogP contribution in [0.4, 0.5) is 5.13 Å². The standard InChI is InChI=1S/C12H17N3O3S/c1-7-10(19-12(13)14-7)11(18)15(6-9(16)17)8-4-2-3-5-8/h8H,2-6H2,1H3,(H2,13,14)(H,16,17). The third-order valence-corrected chi connectivity index (χ3v) is 4.31. The molecule has 0 aliphatic heterocycles. The van der Waals surface area contributed by atoms with Gasteiger partial charge in [-0.2, -0.15) is 0 Å². The molecule has 1 aromatic heterocycles. The van der Waals surface area contributed by atoms with Crippen LogP contribution in [0.15, 0.2) is 0 Å². The van der Waals surface area contributed by atoms with Gasteiger partial charge in [-0.3, -0.25) is 9.59 Å². The number of nitrogens with zero attached hydrogens (tertiary/aromatic N) is 2. The monoisotopic (exact) mass is 283 g/mol. The first-order valence-electron chi connectivity index (χ1n) is 6.24. The summed E-state index contributed by atoms with van der Waals surface area (Å²) >= 11 is 1.12. The lowest BCUT2D eigenvalue weighted by molar-refractivity contribution is -0.138. The van der Waals surface area contributed by atoms with Crippen molar-refractivity contribution >= 4 is 28.3 Å². The Labute approximate surface area is 115 Å². The molecule has 1 saturated carbocycles. The second-order valence-electron chi connectivity index (χ2n) is 4.73. The summed E-state index contributed by atoms with van der Waals surface area (Å²) < 4.78 is 0. The number of carboxylic acid groups (broad SMARTS) is 1. The van der Waals surface area contributed by atoms with Gasteiger partial charge in [0.25, 0.3) is 5.91 Å². The number of carbonyl (C=O) groups is 2. The fraction of sp³-hybridized carbons (Fsp3) is 0.583. The van der Waals surface area contributed by atoms with E-state index in [1.807, 2.05) is 0 Å². The third-order valence-electron chi connectivity index (χ3n) is 3.34. The summed E-state index contributed by atoms with van der Waals surface area (Å²) in [6.45, 7) is 1.45. The van der Waals surface area contributed by atoms with E-state index in [0.717, 1.165) is 37.0 Å². The van der Waals surface area contributed by atoms with Crippen LogP contribution in [0, 0.1) is 6.92 Å². The number of hydrogen-bond donors (Lipinski definition) is 2. The van der Waals surface area contributed by atoms with E-state index < -0.39 is 5.97 Å². The largest absolute Gasteiger partial charge is 0.480 e. The van der Waals surface area contributed by atoms with Gasteiger partial charge in [0.1, 0.15) is 11.4 Å². The van der Waals surface area contributed by atoms with Gasteiger partial charge in [-0.1, -0.05) is 24.2 Å². The van der Waals surface area contributed by atoms with Gasteiger partial charge in [0.15, 0.2) is 5.13 Å². The summed E-state index contributed by atoms with van der Waals surface area (Å²) in [6, 6.07) is 0.0197. The lowest BCUT2D eigenvalue weighted by Crippen LogP contribution is -2.42. The zero-order valence-electron chi connectivity index (χ0n) is 10.8. The number of anilines is 1. The molecule has 1 aliphatic rings. The van der Waals surface area contributed by atoms with Crippen LogP contribution in [0.5, 0.6) is 0 Å². The molecule has 1 heterocycles. The minimum absolute atomic E-state index is 0.0197. The summed E-state index contributed by atoms with van der Waals surface area (Å²) in [6.07, 6.45) is 3.81. The fourth-order valence-electron chi connectivity index (χ4n) is 2.47. The molecule has 6 nitrogen and oxygen atoms in total. The fourth-order valence-corrected chi connectivity index (χ4v) is 3.26. The average Bonchev–Trinajstić information content (AvgIpc) is 2.94. The Balaban J connectivity index is 2.24. The van der Waals surface area contributed by atoms with E-state index in [9.17, 15) is 9.59 Å². The molecule has 0 bridgehead atoms. The smallest absolute Gasteiger partial charge is 0.323 e. The van der Waals surface area contributed by atoms with Crippen molar-refractivity contribution in [2.45, 2.75) is 38.6 Å². The van der Waals surface area contributed by atoms with Crippen LogP contribution in [-0.2, 0) is 4.79 Å². The number of aromatic nitrogens is 1. The molecule has 0 spiro atoms. The molecular weight excluding hydrogens is 266 g/mol. The molecule has 1 fully saturated rings. The van der Waals surface area contributed by atoms with Crippen molar-refractivity contribution < 1.29 is 14.7 Å². The number of hydrogen-bond acceptors (Lipinski definition) is 5. The Hall–Kier alpha value is -1.63. The molecule has 1 amide bonds. The van der Waals surface area contributed by atoms with Gasteiger partial charge < -0.3 is 15.7 Å². The topological polar surface area (TPSA) is 96.5 Å².